The minimum Gasteiger partial charge on any atom is -0.303 e. The van der Waals surface area contributed by atoms with Crippen LogP contribution in [-0.2, 0) is 4.79 Å². The molecule has 1 saturated carbocycles. The van der Waals surface area contributed by atoms with Gasteiger partial charge in [-0.2, -0.15) is 0 Å². The third kappa shape index (κ3) is 1.21. The zero-order chi connectivity index (χ0) is 6.85. The number of hydrogen-bond donors (Lipinski definition) is 0. The monoisotopic (exact) mass is 124 g/mol. The summed E-state index contributed by atoms with van der Waals surface area (Å²) in [6.45, 7) is 5.65. The summed E-state index contributed by atoms with van der Waals surface area (Å²) in [5, 5.41) is 0. The van der Waals surface area contributed by atoms with Crippen LogP contribution in [-0.4, -0.2) is 6.29 Å². The van der Waals surface area contributed by atoms with Gasteiger partial charge in [0, 0.05) is 5.92 Å². The van der Waals surface area contributed by atoms with Crippen LogP contribution in [0, 0.1) is 17.8 Å². The third-order valence-electron chi connectivity index (χ3n) is 2.08. The highest BCUT2D eigenvalue weighted by atomic mass is 16.1. The van der Waals surface area contributed by atoms with Crippen molar-refractivity contribution in [2.45, 2.75) is 13.3 Å². The van der Waals surface area contributed by atoms with Gasteiger partial charge in [-0.05, 0) is 18.3 Å². The highest BCUT2D eigenvalue weighted by Crippen LogP contribution is 2.43. The highest BCUT2D eigenvalue weighted by molar-refractivity contribution is 5.54. The summed E-state index contributed by atoms with van der Waals surface area (Å²) >= 11 is 0. The molecule has 0 saturated heterocycles. The number of allylic oxidation sites excluding steroid dienone is 1. The molecule has 0 aliphatic heterocycles. The molecular formula is C8H12O. The van der Waals surface area contributed by atoms with Gasteiger partial charge < -0.3 is 4.79 Å². The van der Waals surface area contributed by atoms with Crippen LogP contribution in [0.15, 0.2) is 12.7 Å². The molecule has 0 bridgehead atoms. The van der Waals surface area contributed by atoms with E-state index in [1.54, 1.807) is 0 Å². The van der Waals surface area contributed by atoms with Crippen LogP contribution in [0.1, 0.15) is 13.3 Å². The molecule has 1 nitrogen and oxygen atoms in total. The Kier molecular flexibility index (Phi) is 1.70. The van der Waals surface area contributed by atoms with Crippen LogP contribution in [0.3, 0.4) is 0 Å². The van der Waals surface area contributed by atoms with Gasteiger partial charge in [0.2, 0.25) is 0 Å². The lowest BCUT2D eigenvalue weighted by atomic mass is 10.1. The number of rotatable bonds is 3. The van der Waals surface area contributed by atoms with Crippen LogP contribution >= 0.6 is 0 Å². The lowest BCUT2D eigenvalue weighted by Gasteiger charge is -1.96. The Bertz CT molecular complexity index is 129. The molecule has 50 valence electrons. The first-order valence-corrected chi connectivity index (χ1v) is 3.37. The van der Waals surface area contributed by atoms with Crippen molar-refractivity contribution in [1.29, 1.82) is 0 Å². The predicted octanol–water partition coefficient (Wildman–Crippen LogP) is 1.64. The molecule has 0 radical (unpaired) electrons. The van der Waals surface area contributed by atoms with E-state index in [0.29, 0.717) is 11.8 Å². The van der Waals surface area contributed by atoms with Crippen molar-refractivity contribution < 1.29 is 4.79 Å². The number of hydrogen-bond acceptors (Lipinski definition) is 1. The summed E-state index contributed by atoms with van der Waals surface area (Å²) in [6.07, 6.45) is 4.16. The standard InChI is InChI=1S/C8H12O/c1-3-7-4-8(7)6(2)5-9/h3,5-8H,1,4H2,2H3. The first kappa shape index (κ1) is 6.53. The van der Waals surface area contributed by atoms with Crippen LogP contribution in [0.5, 0.6) is 0 Å². The van der Waals surface area contributed by atoms with Gasteiger partial charge in [0.25, 0.3) is 0 Å². The van der Waals surface area contributed by atoms with Gasteiger partial charge in [-0.1, -0.05) is 13.0 Å². The van der Waals surface area contributed by atoms with Gasteiger partial charge in [-0.25, -0.2) is 0 Å². The normalized spacial score (nSPS) is 35.2. The van der Waals surface area contributed by atoms with Crippen LogP contribution in [0.25, 0.3) is 0 Å². The fraction of sp³-hybridized carbons (Fsp3) is 0.625. The van der Waals surface area contributed by atoms with E-state index in [0.717, 1.165) is 6.29 Å². The summed E-state index contributed by atoms with van der Waals surface area (Å²) < 4.78 is 0. The Morgan fingerprint density at radius 1 is 1.78 bits per heavy atom. The first-order valence-electron chi connectivity index (χ1n) is 3.37. The van der Waals surface area contributed by atoms with Gasteiger partial charge in [-0.15, -0.1) is 6.58 Å². The molecule has 0 aromatic carbocycles. The molecule has 0 heterocycles. The maximum Gasteiger partial charge on any atom is 0.123 e. The average Bonchev–Trinajstić information content (AvgIpc) is 2.64. The van der Waals surface area contributed by atoms with Crippen LogP contribution in [0.2, 0.25) is 0 Å². The maximum absolute atomic E-state index is 10.2. The number of carbonyl (C=O) groups is 1. The second-order valence-corrected chi connectivity index (χ2v) is 2.79. The molecule has 1 rings (SSSR count). The molecule has 0 amide bonds. The summed E-state index contributed by atoms with van der Waals surface area (Å²) in [6, 6.07) is 0. The maximum atomic E-state index is 10.2. The second-order valence-electron chi connectivity index (χ2n) is 2.79. The van der Waals surface area contributed by atoms with Gasteiger partial charge >= 0.3 is 0 Å². The molecular weight excluding hydrogens is 112 g/mol. The van der Waals surface area contributed by atoms with Crippen molar-refractivity contribution in [3.05, 3.63) is 12.7 Å². The Hall–Kier alpha value is -0.590. The Morgan fingerprint density at radius 2 is 2.44 bits per heavy atom. The molecule has 0 N–H and O–H groups in total. The van der Waals surface area contributed by atoms with E-state index < -0.39 is 0 Å². The van der Waals surface area contributed by atoms with Gasteiger partial charge in [0.05, 0.1) is 0 Å². The van der Waals surface area contributed by atoms with Crippen molar-refractivity contribution in [2.24, 2.45) is 17.8 Å². The van der Waals surface area contributed by atoms with Gasteiger partial charge in [0.15, 0.2) is 0 Å². The molecule has 0 aromatic heterocycles. The topological polar surface area (TPSA) is 17.1 Å². The first-order chi connectivity index (χ1) is 4.29. The summed E-state index contributed by atoms with van der Waals surface area (Å²) in [4.78, 5) is 10.2. The summed E-state index contributed by atoms with van der Waals surface area (Å²) in [5.74, 6) is 1.48. The third-order valence-corrected chi connectivity index (χ3v) is 2.08. The number of carbonyl (C=O) groups excluding carboxylic acids is 1. The Morgan fingerprint density at radius 3 is 2.78 bits per heavy atom. The minimum atomic E-state index is 0.244. The number of aldehydes is 1. The minimum absolute atomic E-state index is 0.244. The van der Waals surface area contributed by atoms with E-state index >= 15 is 0 Å². The van der Waals surface area contributed by atoms with Crippen molar-refractivity contribution in [2.75, 3.05) is 0 Å². The van der Waals surface area contributed by atoms with Crippen molar-refractivity contribution in [1.82, 2.24) is 0 Å². The van der Waals surface area contributed by atoms with Crippen LogP contribution in [0.4, 0.5) is 0 Å². The van der Waals surface area contributed by atoms with E-state index in [-0.39, 0.29) is 5.92 Å². The molecule has 3 atom stereocenters. The highest BCUT2D eigenvalue weighted by Gasteiger charge is 2.38. The predicted molar refractivity (Wildman–Crippen MR) is 37.0 cm³/mol. The fourth-order valence-corrected chi connectivity index (χ4v) is 1.21. The molecule has 1 aliphatic rings. The SMILES string of the molecule is C=CC1CC1C(C)C=O. The Labute approximate surface area is 55.8 Å². The van der Waals surface area contributed by atoms with E-state index in [4.69, 9.17) is 0 Å². The Balaban J connectivity index is 2.32. The summed E-state index contributed by atoms with van der Waals surface area (Å²) in [5.41, 5.74) is 0. The molecule has 3 unspecified atom stereocenters. The smallest absolute Gasteiger partial charge is 0.123 e. The second kappa shape index (κ2) is 2.34. The van der Waals surface area contributed by atoms with Gasteiger partial charge in [0.1, 0.15) is 6.29 Å². The molecule has 0 aromatic rings. The van der Waals surface area contributed by atoms with E-state index in [9.17, 15) is 4.79 Å². The fourth-order valence-electron chi connectivity index (χ4n) is 1.21. The molecule has 1 heteroatoms. The molecule has 9 heavy (non-hydrogen) atoms. The van der Waals surface area contributed by atoms with E-state index in [2.05, 4.69) is 6.58 Å². The quantitative estimate of drug-likeness (QED) is 0.413. The zero-order valence-corrected chi connectivity index (χ0v) is 5.71. The average molecular weight is 124 g/mol. The van der Waals surface area contributed by atoms with Crippen molar-refractivity contribution in [3.8, 4) is 0 Å². The molecule has 0 spiro atoms. The van der Waals surface area contributed by atoms with Gasteiger partial charge in [-0.3, -0.25) is 0 Å². The largest absolute Gasteiger partial charge is 0.303 e. The molecule has 1 aliphatic carbocycles. The summed E-state index contributed by atoms with van der Waals surface area (Å²) in [7, 11) is 0. The zero-order valence-electron chi connectivity index (χ0n) is 5.71. The van der Waals surface area contributed by atoms with E-state index in [1.807, 2.05) is 13.0 Å². The van der Waals surface area contributed by atoms with Crippen molar-refractivity contribution in [3.63, 3.8) is 0 Å². The van der Waals surface area contributed by atoms with Crippen LogP contribution < -0.4 is 0 Å². The lowest BCUT2D eigenvalue weighted by molar-refractivity contribution is -0.111. The van der Waals surface area contributed by atoms with E-state index in [1.165, 1.54) is 6.42 Å². The molecule has 1 fully saturated rings. The lowest BCUT2D eigenvalue weighted by Crippen LogP contribution is -1.98. The van der Waals surface area contributed by atoms with Crippen molar-refractivity contribution >= 4 is 6.29 Å².